The van der Waals surface area contributed by atoms with Gasteiger partial charge in [-0.3, -0.25) is 0 Å². The first kappa shape index (κ1) is 19.0. The lowest BCUT2D eigenvalue weighted by molar-refractivity contribution is -0.0763. The first-order valence-corrected chi connectivity index (χ1v) is 9.99. The lowest BCUT2D eigenvalue weighted by Crippen LogP contribution is -2.53. The number of hydrogen-bond donors (Lipinski definition) is 1. The van der Waals surface area contributed by atoms with Crippen LogP contribution in [-0.4, -0.2) is 49.4 Å². The molecule has 1 heterocycles. The highest BCUT2D eigenvalue weighted by molar-refractivity contribution is 7.88. The maximum Gasteiger partial charge on any atom is 0.211 e. The maximum absolute atomic E-state index is 12.0. The highest BCUT2D eigenvalue weighted by Crippen LogP contribution is 2.44. The molecule has 2 unspecified atom stereocenters. The number of hydrogen-bond acceptors (Lipinski definition) is 5. The number of aliphatic hydroxyl groups is 1. The van der Waals surface area contributed by atoms with Crippen LogP contribution in [0.5, 0.6) is 11.5 Å². The van der Waals surface area contributed by atoms with Crippen molar-refractivity contribution < 1.29 is 23.0 Å². The van der Waals surface area contributed by atoms with Crippen molar-refractivity contribution in [1.29, 1.82) is 0 Å². The van der Waals surface area contributed by atoms with Crippen molar-refractivity contribution >= 4 is 10.0 Å². The molecule has 1 N–H and O–H groups in total. The lowest BCUT2D eigenvalue weighted by Gasteiger charge is -2.44. The summed E-state index contributed by atoms with van der Waals surface area (Å²) >= 11 is 0. The number of unbranched alkanes of at least 4 members (excludes halogenated alkanes) is 1. The Hall–Kier alpha value is -1.31. The van der Waals surface area contributed by atoms with Crippen molar-refractivity contribution in [2.45, 2.75) is 51.4 Å². The summed E-state index contributed by atoms with van der Waals surface area (Å²) in [6, 6.07) is 4.61. The van der Waals surface area contributed by atoms with Crippen molar-refractivity contribution in [3.63, 3.8) is 0 Å². The average Bonchev–Trinajstić information content (AvgIpc) is 2.47. The fourth-order valence-electron chi connectivity index (χ4n) is 2.77. The second kappa shape index (κ2) is 6.90. The minimum atomic E-state index is -3.49. The third kappa shape index (κ3) is 3.84. The van der Waals surface area contributed by atoms with E-state index in [1.54, 1.807) is 32.0 Å². The molecule has 0 saturated heterocycles. The van der Waals surface area contributed by atoms with E-state index < -0.39 is 27.8 Å². The van der Waals surface area contributed by atoms with Crippen LogP contribution in [0.4, 0.5) is 0 Å². The monoisotopic (exact) mass is 357 g/mol. The van der Waals surface area contributed by atoms with Crippen molar-refractivity contribution in [2.75, 3.05) is 19.9 Å². The zero-order chi connectivity index (χ0) is 18.1. The molecular weight excluding hydrogens is 330 g/mol. The number of ether oxygens (including phenoxy) is 2. The van der Waals surface area contributed by atoms with Gasteiger partial charge in [0.2, 0.25) is 10.0 Å². The Morgan fingerprint density at radius 2 is 2.04 bits per heavy atom. The van der Waals surface area contributed by atoms with E-state index in [0.29, 0.717) is 23.7 Å². The molecule has 1 aliphatic rings. The molecule has 0 aromatic heterocycles. The molecule has 24 heavy (non-hydrogen) atoms. The highest BCUT2D eigenvalue weighted by atomic mass is 32.2. The zero-order valence-corrected chi connectivity index (χ0v) is 15.8. The summed E-state index contributed by atoms with van der Waals surface area (Å²) in [6.45, 7) is 6.17. The molecule has 0 spiro atoms. The van der Waals surface area contributed by atoms with Gasteiger partial charge in [0, 0.05) is 12.6 Å². The molecule has 2 atom stereocenters. The molecule has 136 valence electrons. The number of fused-ring (bicyclic) bond motifs is 1. The van der Waals surface area contributed by atoms with E-state index >= 15 is 0 Å². The molecule has 0 bridgehead atoms. The van der Waals surface area contributed by atoms with Gasteiger partial charge in [-0.25, -0.2) is 8.42 Å². The molecule has 1 aliphatic heterocycles. The Labute approximate surface area is 144 Å². The van der Waals surface area contributed by atoms with Crippen LogP contribution in [-0.2, 0) is 10.0 Å². The van der Waals surface area contributed by atoms with Crippen LogP contribution < -0.4 is 9.47 Å². The topological polar surface area (TPSA) is 76.1 Å². The second-order valence-electron chi connectivity index (χ2n) is 6.78. The lowest BCUT2D eigenvalue weighted by atomic mass is 9.86. The second-order valence-corrected chi connectivity index (χ2v) is 8.82. The van der Waals surface area contributed by atoms with E-state index in [2.05, 4.69) is 6.92 Å². The van der Waals surface area contributed by atoms with Gasteiger partial charge in [-0.05, 0) is 38.5 Å². The van der Waals surface area contributed by atoms with E-state index in [-0.39, 0.29) is 0 Å². The fourth-order valence-corrected chi connectivity index (χ4v) is 3.41. The Morgan fingerprint density at radius 1 is 1.38 bits per heavy atom. The van der Waals surface area contributed by atoms with Crippen molar-refractivity contribution in [1.82, 2.24) is 4.31 Å². The smallest absolute Gasteiger partial charge is 0.211 e. The van der Waals surface area contributed by atoms with E-state index in [0.717, 1.165) is 19.1 Å². The predicted molar refractivity (Wildman–Crippen MR) is 92.9 cm³/mol. The molecule has 1 aromatic carbocycles. The van der Waals surface area contributed by atoms with E-state index in [9.17, 15) is 13.5 Å². The molecule has 0 radical (unpaired) electrons. The molecule has 0 saturated carbocycles. The van der Waals surface area contributed by atoms with Crippen molar-refractivity contribution in [2.24, 2.45) is 0 Å². The Balaban J connectivity index is 2.45. The van der Waals surface area contributed by atoms with Gasteiger partial charge in [-0.1, -0.05) is 13.3 Å². The summed E-state index contributed by atoms with van der Waals surface area (Å²) in [5.74, 6) is 1.21. The van der Waals surface area contributed by atoms with Gasteiger partial charge in [0.25, 0.3) is 0 Å². The van der Waals surface area contributed by atoms with Crippen LogP contribution in [0, 0.1) is 0 Å². The van der Waals surface area contributed by atoms with Crippen LogP contribution in [0.2, 0.25) is 0 Å². The summed E-state index contributed by atoms with van der Waals surface area (Å²) in [4.78, 5) is 0. The number of benzene rings is 1. The maximum atomic E-state index is 12.0. The van der Waals surface area contributed by atoms with Crippen LogP contribution >= 0.6 is 0 Å². The number of aliphatic hydroxyl groups excluding tert-OH is 1. The molecule has 2 rings (SSSR count). The summed E-state index contributed by atoms with van der Waals surface area (Å²) in [7, 11) is -2.01. The van der Waals surface area contributed by atoms with Crippen molar-refractivity contribution in [3.8, 4) is 11.5 Å². The third-order valence-corrected chi connectivity index (χ3v) is 5.64. The molecule has 0 aliphatic carbocycles. The zero-order valence-electron chi connectivity index (χ0n) is 14.9. The van der Waals surface area contributed by atoms with Crippen LogP contribution in [0.25, 0.3) is 0 Å². The van der Waals surface area contributed by atoms with E-state index in [1.807, 2.05) is 0 Å². The minimum absolute atomic E-state index is 0.564. The molecule has 7 heteroatoms. The summed E-state index contributed by atoms with van der Waals surface area (Å²) in [5.41, 5.74) is -0.287. The molecule has 6 nitrogen and oxygen atoms in total. The number of likely N-dealkylation sites (N-methyl/N-ethyl adjacent to an activating group) is 1. The SMILES string of the molecule is CCCCOc1ccc2c(c1)C(N(C)S(C)(=O)=O)C(O)C(C)(C)O2. The fraction of sp³-hybridized carbons (Fsp3) is 0.647. The molecule has 0 fully saturated rings. The summed E-state index contributed by atoms with van der Waals surface area (Å²) < 4.78 is 36.8. The first-order valence-electron chi connectivity index (χ1n) is 8.14. The average molecular weight is 357 g/mol. The molecule has 0 amide bonds. The summed E-state index contributed by atoms with van der Waals surface area (Å²) in [5, 5.41) is 10.7. The molecular formula is C17H27NO5S. The highest BCUT2D eigenvalue weighted by Gasteiger charge is 2.46. The predicted octanol–water partition coefficient (Wildman–Crippen LogP) is 2.33. The van der Waals surface area contributed by atoms with Gasteiger partial charge in [-0.2, -0.15) is 4.31 Å². The van der Waals surface area contributed by atoms with Crippen LogP contribution in [0.15, 0.2) is 18.2 Å². The Morgan fingerprint density at radius 3 is 2.62 bits per heavy atom. The van der Waals surface area contributed by atoms with E-state index in [4.69, 9.17) is 9.47 Å². The normalized spacial score (nSPS) is 22.8. The summed E-state index contributed by atoms with van der Waals surface area (Å²) in [6.07, 6.45) is 2.09. The quantitative estimate of drug-likeness (QED) is 0.791. The van der Waals surface area contributed by atoms with Gasteiger partial charge in [0.1, 0.15) is 23.2 Å². The Bertz CT molecular complexity index is 686. The van der Waals surface area contributed by atoms with Gasteiger partial charge < -0.3 is 14.6 Å². The van der Waals surface area contributed by atoms with Gasteiger partial charge in [0.15, 0.2) is 0 Å². The van der Waals surface area contributed by atoms with Crippen LogP contribution in [0.1, 0.15) is 45.2 Å². The third-order valence-electron chi connectivity index (χ3n) is 4.37. The standard InChI is InChI=1S/C17H27NO5S/c1-6-7-10-22-12-8-9-14-13(11-12)15(18(4)24(5,20)21)16(19)17(2,3)23-14/h8-9,11,15-16,19H,6-7,10H2,1-5H3. The van der Waals surface area contributed by atoms with Gasteiger partial charge in [-0.15, -0.1) is 0 Å². The van der Waals surface area contributed by atoms with Gasteiger partial charge in [0.05, 0.1) is 18.9 Å². The van der Waals surface area contributed by atoms with Crippen molar-refractivity contribution in [3.05, 3.63) is 23.8 Å². The number of rotatable bonds is 6. The van der Waals surface area contributed by atoms with Gasteiger partial charge >= 0.3 is 0 Å². The van der Waals surface area contributed by atoms with E-state index in [1.165, 1.54) is 11.4 Å². The number of sulfonamides is 1. The van der Waals surface area contributed by atoms with Crippen LogP contribution in [0.3, 0.4) is 0 Å². The molecule has 1 aromatic rings. The number of nitrogens with zero attached hydrogens (tertiary/aromatic N) is 1. The minimum Gasteiger partial charge on any atom is -0.494 e. The largest absolute Gasteiger partial charge is 0.494 e. The Kier molecular flexibility index (Phi) is 5.47. The first-order chi connectivity index (χ1) is 11.1.